The molecule has 1 fully saturated rings. The van der Waals surface area contributed by atoms with Gasteiger partial charge in [-0.2, -0.15) is 13.2 Å². The van der Waals surface area contributed by atoms with E-state index in [4.69, 9.17) is 5.73 Å². The van der Waals surface area contributed by atoms with E-state index in [0.29, 0.717) is 25.6 Å². The highest BCUT2D eigenvalue weighted by molar-refractivity contribution is 5.93. The predicted molar refractivity (Wildman–Crippen MR) is 77.9 cm³/mol. The van der Waals surface area contributed by atoms with Crippen LogP contribution in [0.2, 0.25) is 0 Å². The summed E-state index contributed by atoms with van der Waals surface area (Å²) in [6.45, 7) is 1.81. The van der Waals surface area contributed by atoms with Gasteiger partial charge in [0.25, 0.3) is 5.91 Å². The lowest BCUT2D eigenvalue weighted by Gasteiger charge is -2.30. The molecule has 1 aliphatic rings. The number of amides is 1. The molecule has 2 N–H and O–H groups in total. The molecule has 0 bridgehead atoms. The van der Waals surface area contributed by atoms with Crippen molar-refractivity contribution in [3.05, 3.63) is 35.8 Å². The molecule has 1 aliphatic heterocycles. The summed E-state index contributed by atoms with van der Waals surface area (Å²) in [7, 11) is 0. The number of alkyl halides is 3. The first kappa shape index (κ1) is 15.8. The fraction of sp³-hybridized carbons (Fsp3) is 0.467. The SMILES string of the molecule is NCC1CCN(C(=O)c2cn3ccc(C(F)(F)F)cc3n2)CC1. The van der Waals surface area contributed by atoms with Crippen molar-refractivity contribution in [3.8, 4) is 0 Å². The molecule has 5 nitrogen and oxygen atoms in total. The minimum atomic E-state index is -4.43. The Balaban J connectivity index is 1.82. The van der Waals surface area contributed by atoms with E-state index in [1.54, 1.807) is 4.90 Å². The van der Waals surface area contributed by atoms with Crippen LogP contribution in [0.25, 0.3) is 5.65 Å². The lowest BCUT2D eigenvalue weighted by Crippen LogP contribution is -2.40. The summed E-state index contributed by atoms with van der Waals surface area (Å²) in [4.78, 5) is 18.2. The molecule has 8 heteroatoms. The van der Waals surface area contributed by atoms with Gasteiger partial charge in [-0.1, -0.05) is 0 Å². The molecule has 0 saturated carbocycles. The molecule has 3 heterocycles. The number of carbonyl (C=O) groups excluding carboxylic acids is 1. The summed E-state index contributed by atoms with van der Waals surface area (Å²) < 4.78 is 39.6. The second-order valence-corrected chi connectivity index (χ2v) is 5.78. The topological polar surface area (TPSA) is 63.6 Å². The molecule has 2 aromatic rings. The fourth-order valence-electron chi connectivity index (χ4n) is 2.80. The van der Waals surface area contributed by atoms with Gasteiger partial charge in [-0.25, -0.2) is 4.98 Å². The highest BCUT2D eigenvalue weighted by Crippen LogP contribution is 2.29. The van der Waals surface area contributed by atoms with Crippen LogP contribution in [0.1, 0.15) is 28.9 Å². The van der Waals surface area contributed by atoms with Gasteiger partial charge in [-0.05, 0) is 37.4 Å². The molecular formula is C15H17F3N4O. The van der Waals surface area contributed by atoms with Crippen LogP contribution in [0.3, 0.4) is 0 Å². The summed E-state index contributed by atoms with van der Waals surface area (Å²) in [6, 6.07) is 1.91. The van der Waals surface area contributed by atoms with Crippen LogP contribution in [0, 0.1) is 5.92 Å². The van der Waals surface area contributed by atoms with Gasteiger partial charge in [-0.3, -0.25) is 4.79 Å². The molecule has 0 radical (unpaired) electrons. The molecule has 0 aliphatic carbocycles. The van der Waals surface area contributed by atoms with Gasteiger partial charge in [0.15, 0.2) is 0 Å². The lowest BCUT2D eigenvalue weighted by atomic mass is 9.97. The number of imidazole rings is 1. The maximum atomic E-state index is 12.7. The quantitative estimate of drug-likeness (QED) is 0.920. The summed E-state index contributed by atoms with van der Waals surface area (Å²) in [5.74, 6) is 0.173. The van der Waals surface area contributed by atoms with E-state index in [2.05, 4.69) is 4.98 Å². The summed E-state index contributed by atoms with van der Waals surface area (Å²) in [5, 5.41) is 0. The smallest absolute Gasteiger partial charge is 0.337 e. The van der Waals surface area contributed by atoms with Gasteiger partial charge in [0.05, 0.1) is 5.56 Å². The van der Waals surface area contributed by atoms with Crippen molar-refractivity contribution in [1.29, 1.82) is 0 Å². The number of fused-ring (bicyclic) bond motifs is 1. The van der Waals surface area contributed by atoms with Gasteiger partial charge in [-0.15, -0.1) is 0 Å². The Labute approximate surface area is 130 Å². The third-order valence-corrected chi connectivity index (χ3v) is 4.24. The third kappa shape index (κ3) is 3.17. The number of aromatic nitrogens is 2. The summed E-state index contributed by atoms with van der Waals surface area (Å²) >= 11 is 0. The molecule has 124 valence electrons. The Hall–Kier alpha value is -2.09. The highest BCUT2D eigenvalue weighted by Gasteiger charge is 2.31. The Morgan fingerprint density at radius 1 is 1.35 bits per heavy atom. The van der Waals surface area contributed by atoms with Crippen molar-refractivity contribution in [2.75, 3.05) is 19.6 Å². The summed E-state index contributed by atoms with van der Waals surface area (Å²) in [6.07, 6.45) is -0.0148. The standard InChI is InChI=1S/C15H17F3N4O/c16-15(17,18)11-3-6-22-9-12(20-13(22)7-11)14(23)21-4-1-10(8-19)2-5-21/h3,6-7,9-10H,1-2,4-5,8,19H2. The third-order valence-electron chi connectivity index (χ3n) is 4.24. The average Bonchev–Trinajstić information content (AvgIpc) is 2.96. The molecule has 0 atom stereocenters. The van der Waals surface area contributed by atoms with Crippen LogP contribution in [-0.2, 0) is 6.18 Å². The number of rotatable bonds is 2. The first-order valence-electron chi connectivity index (χ1n) is 7.44. The highest BCUT2D eigenvalue weighted by atomic mass is 19.4. The number of nitrogens with two attached hydrogens (primary N) is 1. The normalized spacial score (nSPS) is 17.0. The average molecular weight is 326 g/mol. The molecule has 23 heavy (non-hydrogen) atoms. The van der Waals surface area contributed by atoms with E-state index < -0.39 is 11.7 Å². The van der Waals surface area contributed by atoms with Crippen molar-refractivity contribution >= 4 is 11.6 Å². The molecule has 0 unspecified atom stereocenters. The summed E-state index contributed by atoms with van der Waals surface area (Å²) in [5.41, 5.74) is 5.12. The molecule has 0 aromatic carbocycles. The van der Waals surface area contributed by atoms with E-state index >= 15 is 0 Å². The first-order valence-corrected chi connectivity index (χ1v) is 7.44. The van der Waals surface area contributed by atoms with Gasteiger partial charge in [0.1, 0.15) is 11.3 Å². The number of hydrogen-bond donors (Lipinski definition) is 1. The van der Waals surface area contributed by atoms with Gasteiger partial charge in [0.2, 0.25) is 0 Å². The van der Waals surface area contributed by atoms with E-state index in [1.807, 2.05) is 0 Å². The van der Waals surface area contributed by atoms with Crippen LogP contribution >= 0.6 is 0 Å². The molecule has 2 aromatic heterocycles. The number of likely N-dealkylation sites (tertiary alicyclic amines) is 1. The maximum Gasteiger partial charge on any atom is 0.416 e. The number of hydrogen-bond acceptors (Lipinski definition) is 3. The predicted octanol–water partition coefficient (Wildman–Crippen LogP) is 2.16. The fourth-order valence-corrected chi connectivity index (χ4v) is 2.80. The largest absolute Gasteiger partial charge is 0.416 e. The molecule has 1 amide bonds. The van der Waals surface area contributed by atoms with Gasteiger partial charge < -0.3 is 15.0 Å². The van der Waals surface area contributed by atoms with Crippen molar-refractivity contribution in [2.24, 2.45) is 11.7 Å². The second-order valence-electron chi connectivity index (χ2n) is 5.78. The van der Waals surface area contributed by atoms with E-state index in [9.17, 15) is 18.0 Å². The first-order chi connectivity index (χ1) is 10.9. The zero-order chi connectivity index (χ0) is 16.6. The lowest BCUT2D eigenvalue weighted by molar-refractivity contribution is -0.137. The zero-order valence-electron chi connectivity index (χ0n) is 12.4. The van der Waals surface area contributed by atoms with Crippen molar-refractivity contribution in [1.82, 2.24) is 14.3 Å². The van der Waals surface area contributed by atoms with E-state index in [-0.39, 0.29) is 17.2 Å². The second kappa shape index (κ2) is 5.84. The van der Waals surface area contributed by atoms with Crippen molar-refractivity contribution < 1.29 is 18.0 Å². The Morgan fingerprint density at radius 2 is 2.04 bits per heavy atom. The Morgan fingerprint density at radius 3 is 2.65 bits per heavy atom. The van der Waals surface area contributed by atoms with Crippen LogP contribution in [-0.4, -0.2) is 39.8 Å². The van der Waals surface area contributed by atoms with Crippen molar-refractivity contribution in [3.63, 3.8) is 0 Å². The minimum Gasteiger partial charge on any atom is -0.337 e. The molecule has 1 saturated heterocycles. The number of nitrogens with zero attached hydrogens (tertiary/aromatic N) is 3. The number of pyridine rings is 1. The Bertz CT molecular complexity index is 717. The molecule has 3 rings (SSSR count). The van der Waals surface area contributed by atoms with Crippen LogP contribution in [0.5, 0.6) is 0 Å². The monoisotopic (exact) mass is 326 g/mol. The van der Waals surface area contributed by atoms with Crippen molar-refractivity contribution in [2.45, 2.75) is 19.0 Å². The zero-order valence-corrected chi connectivity index (χ0v) is 12.4. The van der Waals surface area contributed by atoms with Gasteiger partial charge >= 0.3 is 6.18 Å². The van der Waals surface area contributed by atoms with Crippen LogP contribution in [0.15, 0.2) is 24.5 Å². The van der Waals surface area contributed by atoms with Crippen LogP contribution < -0.4 is 5.73 Å². The van der Waals surface area contributed by atoms with E-state index in [1.165, 1.54) is 16.8 Å². The minimum absolute atomic E-state index is 0.111. The number of halogens is 3. The van der Waals surface area contributed by atoms with Gasteiger partial charge in [0, 0.05) is 25.5 Å². The Kier molecular flexibility index (Phi) is 4.01. The van der Waals surface area contributed by atoms with Crippen LogP contribution in [0.4, 0.5) is 13.2 Å². The maximum absolute atomic E-state index is 12.7. The number of piperidine rings is 1. The molecule has 0 spiro atoms. The molecular weight excluding hydrogens is 309 g/mol. The number of carbonyl (C=O) groups is 1. The van der Waals surface area contributed by atoms with E-state index in [0.717, 1.165) is 25.0 Å².